The van der Waals surface area contributed by atoms with Gasteiger partial charge < -0.3 is 4.74 Å². The highest BCUT2D eigenvalue weighted by atomic mass is 16.5. The summed E-state index contributed by atoms with van der Waals surface area (Å²) in [5.41, 5.74) is 0.940. The van der Waals surface area contributed by atoms with E-state index in [4.69, 9.17) is 4.74 Å². The van der Waals surface area contributed by atoms with Gasteiger partial charge in [0.15, 0.2) is 0 Å². The summed E-state index contributed by atoms with van der Waals surface area (Å²) in [5.74, 6) is 0. The Morgan fingerprint density at radius 3 is 2.00 bits per heavy atom. The van der Waals surface area contributed by atoms with Crippen molar-refractivity contribution in [1.82, 2.24) is 0 Å². The van der Waals surface area contributed by atoms with E-state index >= 15 is 0 Å². The summed E-state index contributed by atoms with van der Waals surface area (Å²) in [5, 5.41) is 0. The van der Waals surface area contributed by atoms with Gasteiger partial charge in [-0.2, -0.15) is 0 Å². The fourth-order valence-corrected chi connectivity index (χ4v) is 1.72. The van der Waals surface area contributed by atoms with E-state index in [-0.39, 0.29) is 0 Å². The second-order valence-corrected chi connectivity index (χ2v) is 5.08. The lowest BCUT2D eigenvalue weighted by molar-refractivity contribution is -0.104. The first-order valence-corrected chi connectivity index (χ1v) is 4.42. The molecule has 66 valence electrons. The summed E-state index contributed by atoms with van der Waals surface area (Å²) in [6.07, 6.45) is 2.99. The maximum Gasteiger partial charge on any atom is 0.0582 e. The number of hydrogen-bond acceptors (Lipinski definition) is 1. The standard InChI is InChI=1S/C10H20O/c1-9(2,3)10(4)6-8(7-10)11-5/h8H,6-7H2,1-5H3. The summed E-state index contributed by atoms with van der Waals surface area (Å²) in [7, 11) is 1.81. The number of hydrogen-bond donors (Lipinski definition) is 0. The average molecular weight is 156 g/mol. The smallest absolute Gasteiger partial charge is 0.0582 e. The lowest BCUT2D eigenvalue weighted by Crippen LogP contribution is -2.48. The van der Waals surface area contributed by atoms with E-state index in [2.05, 4.69) is 27.7 Å². The lowest BCUT2D eigenvalue weighted by Gasteiger charge is -2.53. The summed E-state index contributed by atoms with van der Waals surface area (Å²) in [4.78, 5) is 0. The summed E-state index contributed by atoms with van der Waals surface area (Å²) in [6, 6.07) is 0. The Hall–Kier alpha value is -0.0400. The van der Waals surface area contributed by atoms with Crippen molar-refractivity contribution in [1.29, 1.82) is 0 Å². The second-order valence-electron chi connectivity index (χ2n) is 5.08. The number of ether oxygens (including phenoxy) is 1. The van der Waals surface area contributed by atoms with Crippen molar-refractivity contribution in [2.24, 2.45) is 10.8 Å². The Morgan fingerprint density at radius 2 is 1.73 bits per heavy atom. The Morgan fingerprint density at radius 1 is 1.27 bits per heavy atom. The van der Waals surface area contributed by atoms with Crippen LogP contribution in [0, 0.1) is 10.8 Å². The predicted octanol–water partition coefficient (Wildman–Crippen LogP) is 2.85. The molecular weight excluding hydrogens is 136 g/mol. The maximum atomic E-state index is 5.28. The molecule has 0 saturated heterocycles. The Bertz CT molecular complexity index is 137. The fraction of sp³-hybridized carbons (Fsp3) is 1.00. The first-order chi connectivity index (χ1) is 4.89. The molecular formula is C10H20O. The zero-order valence-electron chi connectivity index (χ0n) is 8.40. The minimum atomic E-state index is 0.433. The van der Waals surface area contributed by atoms with Crippen LogP contribution in [0.5, 0.6) is 0 Å². The highest BCUT2D eigenvalue weighted by Gasteiger charge is 2.48. The van der Waals surface area contributed by atoms with E-state index in [1.54, 1.807) is 0 Å². The third-order valence-corrected chi connectivity index (χ3v) is 3.50. The van der Waals surface area contributed by atoms with Crippen LogP contribution in [0.3, 0.4) is 0 Å². The third-order valence-electron chi connectivity index (χ3n) is 3.50. The van der Waals surface area contributed by atoms with Gasteiger partial charge in [-0.3, -0.25) is 0 Å². The van der Waals surface area contributed by atoms with E-state index in [9.17, 15) is 0 Å². The molecule has 0 amide bonds. The predicted molar refractivity (Wildman–Crippen MR) is 47.6 cm³/mol. The highest BCUT2D eigenvalue weighted by Crippen LogP contribution is 2.53. The Labute approximate surface area is 70.1 Å². The van der Waals surface area contributed by atoms with Gasteiger partial charge in [-0.1, -0.05) is 27.7 Å². The van der Waals surface area contributed by atoms with Crippen molar-refractivity contribution in [3.63, 3.8) is 0 Å². The molecule has 0 bridgehead atoms. The monoisotopic (exact) mass is 156 g/mol. The largest absolute Gasteiger partial charge is 0.381 e. The van der Waals surface area contributed by atoms with Crippen LogP contribution >= 0.6 is 0 Å². The van der Waals surface area contributed by atoms with Crippen LogP contribution in [0.1, 0.15) is 40.5 Å². The van der Waals surface area contributed by atoms with E-state index in [1.165, 1.54) is 12.8 Å². The van der Waals surface area contributed by atoms with Crippen molar-refractivity contribution in [2.75, 3.05) is 7.11 Å². The van der Waals surface area contributed by atoms with Gasteiger partial charge in [0, 0.05) is 7.11 Å². The SMILES string of the molecule is COC1CC(C)(C(C)(C)C)C1. The molecule has 1 heteroatoms. The van der Waals surface area contributed by atoms with Gasteiger partial charge in [0.05, 0.1) is 6.10 Å². The minimum Gasteiger partial charge on any atom is -0.381 e. The first-order valence-electron chi connectivity index (χ1n) is 4.42. The molecule has 0 spiro atoms. The lowest BCUT2D eigenvalue weighted by atomic mass is 9.55. The van der Waals surface area contributed by atoms with Crippen molar-refractivity contribution in [3.05, 3.63) is 0 Å². The van der Waals surface area contributed by atoms with Crippen LogP contribution in [0.25, 0.3) is 0 Å². The number of methoxy groups -OCH3 is 1. The quantitative estimate of drug-likeness (QED) is 0.567. The molecule has 0 radical (unpaired) electrons. The summed E-state index contributed by atoms with van der Waals surface area (Å²) < 4.78 is 5.28. The van der Waals surface area contributed by atoms with Crippen LogP contribution in [0.15, 0.2) is 0 Å². The minimum absolute atomic E-state index is 0.433. The van der Waals surface area contributed by atoms with Gasteiger partial charge in [-0.25, -0.2) is 0 Å². The molecule has 1 aliphatic carbocycles. The number of rotatable bonds is 1. The Balaban J connectivity index is 2.49. The first kappa shape index (κ1) is 9.05. The van der Waals surface area contributed by atoms with Crippen LogP contribution in [-0.2, 0) is 4.74 Å². The van der Waals surface area contributed by atoms with E-state index in [0.717, 1.165) is 0 Å². The molecule has 11 heavy (non-hydrogen) atoms. The van der Waals surface area contributed by atoms with Crippen LogP contribution < -0.4 is 0 Å². The van der Waals surface area contributed by atoms with Gasteiger partial charge in [0.25, 0.3) is 0 Å². The molecule has 0 N–H and O–H groups in total. The normalized spacial score (nSPS) is 38.5. The second kappa shape index (κ2) is 2.48. The molecule has 1 rings (SSSR count). The molecule has 1 saturated carbocycles. The average Bonchev–Trinajstić information content (AvgIpc) is 1.78. The maximum absolute atomic E-state index is 5.28. The van der Waals surface area contributed by atoms with Crippen molar-refractivity contribution in [2.45, 2.75) is 46.6 Å². The molecule has 0 aromatic heterocycles. The van der Waals surface area contributed by atoms with E-state index in [0.29, 0.717) is 16.9 Å². The van der Waals surface area contributed by atoms with Gasteiger partial charge in [0.1, 0.15) is 0 Å². The molecule has 0 atom stereocenters. The van der Waals surface area contributed by atoms with Gasteiger partial charge in [-0.15, -0.1) is 0 Å². The van der Waals surface area contributed by atoms with Gasteiger partial charge >= 0.3 is 0 Å². The topological polar surface area (TPSA) is 9.23 Å². The molecule has 1 nitrogen and oxygen atoms in total. The molecule has 1 fully saturated rings. The van der Waals surface area contributed by atoms with Crippen LogP contribution in [0.4, 0.5) is 0 Å². The molecule has 0 aromatic carbocycles. The van der Waals surface area contributed by atoms with E-state index in [1.807, 2.05) is 7.11 Å². The molecule has 1 aliphatic rings. The van der Waals surface area contributed by atoms with Crippen molar-refractivity contribution < 1.29 is 4.74 Å². The van der Waals surface area contributed by atoms with Crippen LogP contribution in [0.2, 0.25) is 0 Å². The van der Waals surface area contributed by atoms with Gasteiger partial charge in [0.2, 0.25) is 0 Å². The fourth-order valence-electron chi connectivity index (χ4n) is 1.72. The third kappa shape index (κ3) is 1.44. The molecule has 0 heterocycles. The zero-order chi connectivity index (χ0) is 8.70. The van der Waals surface area contributed by atoms with Gasteiger partial charge in [-0.05, 0) is 23.7 Å². The molecule has 0 aromatic rings. The molecule has 0 unspecified atom stereocenters. The van der Waals surface area contributed by atoms with Crippen molar-refractivity contribution in [3.8, 4) is 0 Å². The summed E-state index contributed by atoms with van der Waals surface area (Å²) in [6.45, 7) is 9.32. The molecule has 0 aliphatic heterocycles. The Kier molecular flexibility index (Phi) is 2.04. The zero-order valence-corrected chi connectivity index (χ0v) is 8.40. The summed E-state index contributed by atoms with van der Waals surface area (Å²) >= 11 is 0. The highest BCUT2D eigenvalue weighted by molar-refractivity contribution is 4.98. The van der Waals surface area contributed by atoms with Crippen LogP contribution in [-0.4, -0.2) is 13.2 Å². The van der Waals surface area contributed by atoms with E-state index < -0.39 is 0 Å². The van der Waals surface area contributed by atoms with Crippen molar-refractivity contribution >= 4 is 0 Å².